The van der Waals surface area contributed by atoms with Crippen LogP contribution in [0.25, 0.3) is 0 Å². The molecule has 0 fully saturated rings. The largest absolute Gasteiger partial charge is 0.346 e. The monoisotopic (exact) mass is 442 g/mol. The first-order chi connectivity index (χ1) is 13.6. The first-order valence-electron chi connectivity index (χ1n) is 7.67. The van der Waals surface area contributed by atoms with Gasteiger partial charge in [0.15, 0.2) is 0 Å². The molecule has 0 atom stereocenters. The molecule has 160 valence electrons. The lowest BCUT2D eigenvalue weighted by molar-refractivity contribution is -0.390. The molecule has 4 bridgehead atoms. The van der Waals surface area contributed by atoms with E-state index >= 15 is 0 Å². The molecule has 0 radical (unpaired) electrons. The number of benzene rings is 2. The molecule has 4 aliphatic rings. The van der Waals surface area contributed by atoms with Crippen molar-refractivity contribution in [3.8, 4) is 0 Å². The zero-order valence-electron chi connectivity index (χ0n) is 14.0. The van der Waals surface area contributed by atoms with Crippen LogP contribution in [0.3, 0.4) is 0 Å². The third-order valence-electron chi connectivity index (χ3n) is 4.58. The average molecular weight is 442 g/mol. The molecule has 0 N–H and O–H groups in total. The number of nitrogens with zero attached hydrogens (tertiary/aromatic N) is 2. The first-order valence-corrected chi connectivity index (χ1v) is 7.67. The van der Waals surface area contributed by atoms with Crippen molar-refractivity contribution in [1.82, 2.24) is 0 Å². The van der Waals surface area contributed by atoms with Crippen molar-refractivity contribution in [2.45, 2.75) is 23.7 Å². The second-order valence-corrected chi connectivity index (χ2v) is 6.28. The van der Waals surface area contributed by atoms with Crippen molar-refractivity contribution in [2.24, 2.45) is 0 Å². The van der Waals surface area contributed by atoms with Gasteiger partial charge in [-0.15, -0.1) is 0 Å². The van der Waals surface area contributed by atoms with Crippen LogP contribution >= 0.6 is 0 Å². The molecule has 0 aliphatic heterocycles. The van der Waals surface area contributed by atoms with Crippen LogP contribution in [0.5, 0.6) is 0 Å². The Morgan fingerprint density at radius 3 is 1.13 bits per heavy atom. The summed E-state index contributed by atoms with van der Waals surface area (Å²) in [6.07, 6.45) is 0. The van der Waals surface area contributed by atoms with Gasteiger partial charge < -0.3 is 0 Å². The standard InChI is InChI=1S/C16H6F8N2O4/c17-13(18)7-1-3-9(11(5-7)25(27)28)15(21,22)14(19,20)8-2-4-10(16(13,23)24)12(6-8)26(29)30/h1-6H. The van der Waals surface area contributed by atoms with Crippen molar-refractivity contribution in [1.29, 1.82) is 0 Å². The maximum Gasteiger partial charge on any atom is 0.346 e. The van der Waals surface area contributed by atoms with Gasteiger partial charge in [0.2, 0.25) is 0 Å². The smallest absolute Gasteiger partial charge is 0.258 e. The molecule has 6 rings (SSSR count). The Morgan fingerprint density at radius 2 is 0.867 bits per heavy atom. The molecule has 0 spiro atoms. The van der Waals surface area contributed by atoms with Crippen molar-refractivity contribution in [3.63, 3.8) is 0 Å². The number of halogens is 8. The van der Waals surface area contributed by atoms with Crippen molar-refractivity contribution in [3.05, 3.63) is 78.9 Å². The summed E-state index contributed by atoms with van der Waals surface area (Å²) in [6.45, 7) is 0. The highest BCUT2D eigenvalue weighted by molar-refractivity contribution is 5.54. The topological polar surface area (TPSA) is 86.3 Å². The van der Waals surface area contributed by atoms with Gasteiger partial charge >= 0.3 is 23.7 Å². The third-order valence-corrected chi connectivity index (χ3v) is 4.58. The van der Waals surface area contributed by atoms with Gasteiger partial charge in [-0.3, -0.25) is 20.2 Å². The summed E-state index contributed by atoms with van der Waals surface area (Å²) in [4.78, 5) is 18.7. The molecule has 0 aromatic heterocycles. The van der Waals surface area contributed by atoms with Gasteiger partial charge in [-0.05, 0) is 12.1 Å². The maximum absolute atomic E-state index is 14.6. The van der Waals surface area contributed by atoms with Gasteiger partial charge in [0.05, 0.1) is 9.85 Å². The van der Waals surface area contributed by atoms with Crippen LogP contribution in [0.4, 0.5) is 46.5 Å². The molecule has 2 aromatic rings. The van der Waals surface area contributed by atoms with Crippen LogP contribution in [-0.2, 0) is 23.7 Å². The summed E-state index contributed by atoms with van der Waals surface area (Å²) >= 11 is 0. The van der Waals surface area contributed by atoms with Crippen molar-refractivity contribution in [2.75, 3.05) is 0 Å². The molecule has 2 aromatic carbocycles. The summed E-state index contributed by atoms with van der Waals surface area (Å²) in [7, 11) is 0. The van der Waals surface area contributed by atoms with Crippen LogP contribution in [0, 0.1) is 20.2 Å². The Kier molecular flexibility index (Phi) is 4.34. The molecule has 0 heterocycles. The van der Waals surface area contributed by atoms with Gasteiger partial charge in [-0.25, -0.2) is 0 Å². The Morgan fingerprint density at radius 1 is 0.567 bits per heavy atom. The Bertz CT molecular complexity index is 1000. The van der Waals surface area contributed by atoms with E-state index in [1.165, 1.54) is 0 Å². The van der Waals surface area contributed by atoms with Gasteiger partial charge in [-0.2, -0.15) is 35.1 Å². The summed E-state index contributed by atoms with van der Waals surface area (Å²) in [5, 5.41) is 22.1. The lowest BCUT2D eigenvalue weighted by Crippen LogP contribution is -2.39. The van der Waals surface area contributed by atoms with E-state index in [4.69, 9.17) is 0 Å². The molecule has 0 saturated heterocycles. The van der Waals surface area contributed by atoms with Crippen LogP contribution in [0.1, 0.15) is 22.3 Å². The fraction of sp³-hybridized carbons (Fsp3) is 0.250. The predicted molar refractivity (Wildman–Crippen MR) is 81.8 cm³/mol. The van der Waals surface area contributed by atoms with Crippen LogP contribution < -0.4 is 0 Å². The Labute approximate surface area is 160 Å². The minimum atomic E-state index is -5.42. The molecule has 30 heavy (non-hydrogen) atoms. The zero-order valence-corrected chi connectivity index (χ0v) is 14.0. The number of alkyl halides is 8. The lowest BCUT2D eigenvalue weighted by atomic mass is 9.87. The van der Waals surface area contributed by atoms with E-state index in [-0.39, 0.29) is 36.4 Å². The minimum absolute atomic E-state index is 0.0972. The lowest BCUT2D eigenvalue weighted by Gasteiger charge is -2.31. The highest BCUT2D eigenvalue weighted by Gasteiger charge is 2.65. The summed E-state index contributed by atoms with van der Waals surface area (Å²) in [5.74, 6) is -21.6. The number of nitro groups is 2. The number of hydrogen-bond donors (Lipinski definition) is 0. The summed E-state index contributed by atoms with van der Waals surface area (Å²) < 4.78 is 117. The van der Waals surface area contributed by atoms with Crippen LogP contribution in [-0.4, -0.2) is 9.85 Å². The van der Waals surface area contributed by atoms with Crippen molar-refractivity contribution < 1.29 is 45.0 Å². The van der Waals surface area contributed by atoms with E-state index in [2.05, 4.69) is 0 Å². The molecule has 14 heteroatoms. The van der Waals surface area contributed by atoms with Crippen LogP contribution in [0.15, 0.2) is 36.4 Å². The quantitative estimate of drug-likeness (QED) is 0.345. The second-order valence-electron chi connectivity index (χ2n) is 6.28. The molecular formula is C16H6F8N2O4. The summed E-state index contributed by atoms with van der Waals surface area (Å²) in [6, 6.07) is -1.30. The zero-order chi connectivity index (χ0) is 22.9. The molecular weight excluding hydrogens is 436 g/mol. The van der Waals surface area contributed by atoms with Gasteiger partial charge in [0.1, 0.15) is 11.1 Å². The third kappa shape index (κ3) is 2.62. The number of nitro benzene ring substituents is 2. The molecule has 6 nitrogen and oxygen atoms in total. The van der Waals surface area contributed by atoms with E-state index in [0.717, 1.165) is 0 Å². The number of hydrogen-bond acceptors (Lipinski definition) is 4. The molecule has 0 unspecified atom stereocenters. The Balaban J connectivity index is 2.54. The molecule has 4 aliphatic carbocycles. The molecule has 0 amide bonds. The van der Waals surface area contributed by atoms with E-state index in [1.54, 1.807) is 0 Å². The Hall–Kier alpha value is -3.32. The van der Waals surface area contributed by atoms with E-state index in [9.17, 15) is 55.4 Å². The maximum atomic E-state index is 14.6. The summed E-state index contributed by atoms with van der Waals surface area (Å²) in [5.41, 5.74) is -11.7. The van der Waals surface area contributed by atoms with E-state index in [1.807, 2.05) is 0 Å². The van der Waals surface area contributed by atoms with Gasteiger partial charge in [-0.1, -0.05) is 12.1 Å². The normalized spacial score (nSPS) is 20.3. The van der Waals surface area contributed by atoms with Crippen molar-refractivity contribution >= 4 is 11.4 Å². The fourth-order valence-corrected chi connectivity index (χ4v) is 2.99. The van der Waals surface area contributed by atoms with E-state index in [0.29, 0.717) is 0 Å². The average Bonchev–Trinajstić information content (AvgIpc) is 2.65. The minimum Gasteiger partial charge on any atom is -0.258 e. The van der Waals surface area contributed by atoms with Gasteiger partial charge in [0, 0.05) is 23.3 Å². The SMILES string of the molecule is O=[N+]([O-])c1cc2ccc1C(F)(F)C(F)(F)c1ccc(c([N+](=O)[O-])c1)C(F)(F)C2(F)F. The van der Waals surface area contributed by atoms with Gasteiger partial charge in [0.25, 0.3) is 11.4 Å². The second kappa shape index (κ2) is 6.09. The highest BCUT2D eigenvalue weighted by atomic mass is 19.3. The fourth-order valence-electron chi connectivity index (χ4n) is 2.99. The highest BCUT2D eigenvalue weighted by Crippen LogP contribution is 2.57. The van der Waals surface area contributed by atoms with E-state index < -0.39 is 67.2 Å². The predicted octanol–water partition coefficient (Wildman–Crippen LogP) is 5.58. The van der Waals surface area contributed by atoms with Crippen LogP contribution in [0.2, 0.25) is 0 Å². The first kappa shape index (κ1) is 21.4. The number of rotatable bonds is 2. The molecule has 0 saturated carbocycles.